The largest absolute Gasteiger partial charge is 0.494 e. The molecule has 2 aromatic carbocycles. The summed E-state index contributed by atoms with van der Waals surface area (Å²) < 4.78 is 7.05. The molecule has 0 fully saturated rings. The first-order chi connectivity index (χ1) is 12.8. The van der Waals surface area contributed by atoms with Crippen LogP contribution in [0.5, 0.6) is 5.75 Å². The van der Waals surface area contributed by atoms with Crippen molar-refractivity contribution in [2.45, 2.75) is 6.92 Å². The molecule has 2 heterocycles. The number of hydrogen-bond donors (Lipinski definition) is 2. The van der Waals surface area contributed by atoms with Crippen LogP contribution in [0, 0.1) is 0 Å². The number of hydrogen-bond acceptors (Lipinski definition) is 7. The zero-order valence-corrected chi connectivity index (χ0v) is 14.1. The Labute approximate surface area is 149 Å². The van der Waals surface area contributed by atoms with Crippen molar-refractivity contribution in [1.82, 2.24) is 25.0 Å². The molecule has 4 aromatic rings. The van der Waals surface area contributed by atoms with E-state index >= 15 is 0 Å². The Morgan fingerprint density at radius 3 is 2.69 bits per heavy atom. The Bertz CT molecular complexity index is 1040. The lowest BCUT2D eigenvalue weighted by atomic mass is 10.3. The third kappa shape index (κ3) is 2.88. The number of fused-ring (bicyclic) bond motifs is 1. The molecule has 0 aliphatic carbocycles. The van der Waals surface area contributed by atoms with E-state index in [1.807, 2.05) is 55.5 Å². The van der Waals surface area contributed by atoms with Gasteiger partial charge in [-0.05, 0) is 43.3 Å². The second kappa shape index (κ2) is 6.67. The lowest BCUT2D eigenvalue weighted by molar-refractivity contribution is 0.340. The summed E-state index contributed by atoms with van der Waals surface area (Å²) in [5.41, 5.74) is 9.11. The van der Waals surface area contributed by atoms with E-state index < -0.39 is 0 Å². The summed E-state index contributed by atoms with van der Waals surface area (Å²) in [6.45, 7) is 2.57. The van der Waals surface area contributed by atoms with Crippen molar-refractivity contribution < 1.29 is 4.74 Å². The van der Waals surface area contributed by atoms with E-state index in [9.17, 15) is 0 Å². The van der Waals surface area contributed by atoms with Crippen LogP contribution in [0.15, 0.2) is 54.9 Å². The molecular weight excluding hydrogens is 330 g/mol. The van der Waals surface area contributed by atoms with Crippen LogP contribution in [0.1, 0.15) is 6.92 Å². The fourth-order valence-corrected chi connectivity index (χ4v) is 2.62. The maximum absolute atomic E-state index is 6.29. The van der Waals surface area contributed by atoms with Gasteiger partial charge in [0.25, 0.3) is 0 Å². The number of nitrogens with zero attached hydrogens (tertiary/aromatic N) is 5. The van der Waals surface area contributed by atoms with Gasteiger partial charge in [0.2, 0.25) is 0 Å². The van der Waals surface area contributed by atoms with Crippen LogP contribution in [0.25, 0.3) is 16.9 Å². The van der Waals surface area contributed by atoms with Gasteiger partial charge in [-0.15, -0.1) is 5.10 Å². The summed E-state index contributed by atoms with van der Waals surface area (Å²) in [7, 11) is 0. The predicted molar refractivity (Wildman–Crippen MR) is 99.8 cm³/mol. The van der Waals surface area contributed by atoms with Gasteiger partial charge in [0.15, 0.2) is 11.6 Å². The topological polar surface area (TPSA) is 104 Å². The smallest absolute Gasteiger partial charge is 0.184 e. The minimum Gasteiger partial charge on any atom is -0.494 e. The zero-order valence-electron chi connectivity index (χ0n) is 14.1. The van der Waals surface area contributed by atoms with Crippen molar-refractivity contribution in [2.75, 3.05) is 17.7 Å². The average Bonchev–Trinajstić information content (AvgIpc) is 3.09. The number of nitrogen functional groups attached to an aromatic ring is 1. The van der Waals surface area contributed by atoms with Crippen molar-refractivity contribution >= 4 is 28.2 Å². The summed E-state index contributed by atoms with van der Waals surface area (Å²) in [5, 5.41) is 11.5. The van der Waals surface area contributed by atoms with Gasteiger partial charge in [0.05, 0.1) is 12.1 Å². The van der Waals surface area contributed by atoms with Gasteiger partial charge < -0.3 is 15.8 Å². The number of aromatic nitrogens is 5. The van der Waals surface area contributed by atoms with E-state index in [2.05, 4.69) is 25.6 Å². The Morgan fingerprint density at radius 1 is 1.08 bits per heavy atom. The summed E-state index contributed by atoms with van der Waals surface area (Å²) in [6, 6.07) is 15.2. The molecular formula is C18H17N7O. The third-order valence-corrected chi connectivity index (χ3v) is 3.84. The molecule has 0 aliphatic heterocycles. The van der Waals surface area contributed by atoms with Gasteiger partial charge in [-0.3, -0.25) is 0 Å². The summed E-state index contributed by atoms with van der Waals surface area (Å²) in [6.07, 6.45) is 1.44. The van der Waals surface area contributed by atoms with Crippen molar-refractivity contribution in [3.8, 4) is 11.6 Å². The van der Waals surface area contributed by atoms with Crippen LogP contribution >= 0.6 is 0 Å². The molecule has 26 heavy (non-hydrogen) atoms. The van der Waals surface area contributed by atoms with Gasteiger partial charge in [0, 0.05) is 5.69 Å². The van der Waals surface area contributed by atoms with Gasteiger partial charge in [-0.1, -0.05) is 17.3 Å². The number of ether oxygens (including phenoxy) is 1. The second-order valence-electron chi connectivity index (χ2n) is 5.53. The molecule has 0 atom stereocenters. The molecule has 0 aliphatic rings. The molecule has 2 aromatic heterocycles. The molecule has 0 saturated carbocycles. The van der Waals surface area contributed by atoms with Gasteiger partial charge in [-0.2, -0.15) is 4.68 Å². The highest BCUT2D eigenvalue weighted by molar-refractivity contribution is 5.80. The van der Waals surface area contributed by atoms with Crippen LogP contribution in [0.4, 0.5) is 17.2 Å². The van der Waals surface area contributed by atoms with E-state index in [1.54, 1.807) is 4.68 Å². The number of nitrogens with two attached hydrogens (primary N) is 1. The highest BCUT2D eigenvalue weighted by Gasteiger charge is 2.14. The maximum Gasteiger partial charge on any atom is 0.184 e. The van der Waals surface area contributed by atoms with Crippen LogP contribution in [0.2, 0.25) is 0 Å². The highest BCUT2D eigenvalue weighted by atomic mass is 16.5. The number of rotatable bonds is 5. The number of para-hydroxylation sites is 1. The van der Waals surface area contributed by atoms with E-state index in [-0.39, 0.29) is 0 Å². The van der Waals surface area contributed by atoms with Gasteiger partial charge in [0.1, 0.15) is 23.3 Å². The number of anilines is 3. The first kappa shape index (κ1) is 15.8. The van der Waals surface area contributed by atoms with Crippen molar-refractivity contribution in [1.29, 1.82) is 0 Å². The summed E-state index contributed by atoms with van der Waals surface area (Å²) in [5.74, 6) is 1.78. The van der Waals surface area contributed by atoms with Crippen LogP contribution in [0.3, 0.4) is 0 Å². The molecule has 3 N–H and O–H groups in total. The molecule has 0 unspecified atom stereocenters. The molecule has 130 valence electrons. The molecule has 4 rings (SSSR count). The van der Waals surface area contributed by atoms with Gasteiger partial charge >= 0.3 is 0 Å². The number of benzene rings is 2. The van der Waals surface area contributed by atoms with E-state index in [1.165, 1.54) is 6.33 Å². The fourth-order valence-electron chi connectivity index (χ4n) is 2.62. The zero-order chi connectivity index (χ0) is 17.9. The minimum atomic E-state index is 0.386. The standard InChI is InChI=1S/C18H17N7O/c1-2-26-13-9-7-12(8-10-13)22-17-16(19)18(21-11-20-17)25-15-6-4-3-5-14(15)23-24-25/h3-11H,2,19H2,1H3,(H,20,21,22). The molecule has 0 spiro atoms. The lowest BCUT2D eigenvalue weighted by Crippen LogP contribution is -2.08. The van der Waals surface area contributed by atoms with Crippen LogP contribution < -0.4 is 15.8 Å². The Kier molecular flexibility index (Phi) is 4.06. The minimum absolute atomic E-state index is 0.386. The Hall–Kier alpha value is -3.68. The summed E-state index contributed by atoms with van der Waals surface area (Å²) in [4.78, 5) is 8.52. The van der Waals surface area contributed by atoms with Gasteiger partial charge in [-0.25, -0.2) is 9.97 Å². The molecule has 0 saturated heterocycles. The van der Waals surface area contributed by atoms with Crippen LogP contribution in [-0.2, 0) is 0 Å². The van der Waals surface area contributed by atoms with Crippen molar-refractivity contribution in [3.63, 3.8) is 0 Å². The quantitative estimate of drug-likeness (QED) is 0.572. The molecule has 0 amide bonds. The average molecular weight is 347 g/mol. The fraction of sp³-hybridized carbons (Fsp3) is 0.111. The molecule has 8 nitrogen and oxygen atoms in total. The van der Waals surface area contributed by atoms with Crippen LogP contribution in [-0.4, -0.2) is 31.6 Å². The van der Waals surface area contributed by atoms with Crippen molar-refractivity contribution in [3.05, 3.63) is 54.9 Å². The molecule has 0 bridgehead atoms. The number of nitrogens with one attached hydrogen (secondary N) is 1. The Morgan fingerprint density at radius 2 is 1.88 bits per heavy atom. The van der Waals surface area contributed by atoms with E-state index in [0.717, 1.165) is 22.5 Å². The Balaban J connectivity index is 1.67. The van der Waals surface area contributed by atoms with E-state index in [4.69, 9.17) is 10.5 Å². The highest BCUT2D eigenvalue weighted by Crippen LogP contribution is 2.27. The monoisotopic (exact) mass is 347 g/mol. The maximum atomic E-state index is 6.29. The van der Waals surface area contributed by atoms with Crippen molar-refractivity contribution in [2.24, 2.45) is 0 Å². The normalized spacial score (nSPS) is 10.8. The SMILES string of the molecule is CCOc1ccc(Nc2ncnc(-n3nnc4ccccc43)c2N)cc1. The van der Waals surface area contributed by atoms with E-state index in [0.29, 0.717) is 23.9 Å². The lowest BCUT2D eigenvalue weighted by Gasteiger charge is -2.11. The third-order valence-electron chi connectivity index (χ3n) is 3.84. The first-order valence-corrected chi connectivity index (χ1v) is 8.17. The second-order valence-corrected chi connectivity index (χ2v) is 5.53. The first-order valence-electron chi connectivity index (χ1n) is 8.17. The summed E-state index contributed by atoms with van der Waals surface area (Å²) >= 11 is 0. The molecule has 8 heteroatoms. The molecule has 0 radical (unpaired) electrons. The predicted octanol–water partition coefficient (Wildman–Crippen LogP) is 2.94.